The Hall–Kier alpha value is -1.26. The van der Waals surface area contributed by atoms with Crippen molar-refractivity contribution in [2.45, 2.75) is 12.8 Å². The minimum Gasteiger partial charge on any atom is -0.484 e. The number of hydrogen-bond donors (Lipinski definition) is 1. The lowest BCUT2D eigenvalue weighted by atomic mass is 10.3. The average molecular weight is 272 g/mol. The van der Waals surface area contributed by atoms with Gasteiger partial charge in [-0.3, -0.25) is 4.79 Å². The number of methoxy groups -OCH3 is 1. The third kappa shape index (κ3) is 6.47. The maximum atomic E-state index is 11.4. The van der Waals surface area contributed by atoms with Crippen molar-refractivity contribution < 1.29 is 14.3 Å². The van der Waals surface area contributed by atoms with Crippen LogP contribution in [0, 0.1) is 0 Å². The molecule has 1 N–H and O–H groups in total. The van der Waals surface area contributed by atoms with Crippen LogP contribution in [0.4, 0.5) is 0 Å². The van der Waals surface area contributed by atoms with Gasteiger partial charge in [-0.2, -0.15) is 0 Å². The molecule has 0 unspecified atom stereocenters. The predicted molar refractivity (Wildman–Crippen MR) is 71.1 cm³/mol. The Morgan fingerprint density at radius 2 is 2.00 bits per heavy atom. The molecule has 0 atom stereocenters. The molecule has 100 valence electrons. The summed E-state index contributed by atoms with van der Waals surface area (Å²) in [5.41, 5.74) is 0. The molecule has 0 aromatic heterocycles. The number of halogens is 1. The maximum absolute atomic E-state index is 11.4. The summed E-state index contributed by atoms with van der Waals surface area (Å²) in [6, 6.07) is 6.90. The molecule has 18 heavy (non-hydrogen) atoms. The number of benzene rings is 1. The van der Waals surface area contributed by atoms with Crippen molar-refractivity contribution in [3.05, 3.63) is 29.3 Å². The molecular weight excluding hydrogens is 254 g/mol. The van der Waals surface area contributed by atoms with E-state index in [9.17, 15) is 4.79 Å². The van der Waals surface area contributed by atoms with Gasteiger partial charge in [0, 0.05) is 25.3 Å². The molecule has 0 bridgehead atoms. The number of amides is 1. The lowest BCUT2D eigenvalue weighted by molar-refractivity contribution is -0.123. The molecule has 1 rings (SSSR count). The summed E-state index contributed by atoms with van der Waals surface area (Å²) < 4.78 is 10.2. The van der Waals surface area contributed by atoms with Crippen LogP contribution in [0.2, 0.25) is 5.02 Å². The highest BCUT2D eigenvalue weighted by Crippen LogP contribution is 2.15. The van der Waals surface area contributed by atoms with Crippen molar-refractivity contribution in [2.24, 2.45) is 0 Å². The third-order valence-corrected chi connectivity index (χ3v) is 2.53. The summed E-state index contributed by atoms with van der Waals surface area (Å²) in [5.74, 6) is 0.510. The highest BCUT2D eigenvalue weighted by molar-refractivity contribution is 6.30. The lowest BCUT2D eigenvalue weighted by Crippen LogP contribution is -2.29. The Balaban J connectivity index is 2.11. The number of rotatable bonds is 8. The molecule has 0 aliphatic heterocycles. The summed E-state index contributed by atoms with van der Waals surface area (Å²) >= 11 is 5.74. The molecule has 0 spiro atoms. The van der Waals surface area contributed by atoms with Crippen LogP contribution >= 0.6 is 11.6 Å². The maximum Gasteiger partial charge on any atom is 0.257 e. The number of unbranched alkanes of at least 4 members (excludes halogenated alkanes) is 1. The minimum atomic E-state index is -0.123. The van der Waals surface area contributed by atoms with E-state index >= 15 is 0 Å². The van der Waals surface area contributed by atoms with Gasteiger partial charge < -0.3 is 14.8 Å². The normalized spacial score (nSPS) is 10.1. The van der Waals surface area contributed by atoms with E-state index in [4.69, 9.17) is 21.1 Å². The van der Waals surface area contributed by atoms with Crippen LogP contribution in [0.5, 0.6) is 5.75 Å². The lowest BCUT2D eigenvalue weighted by Gasteiger charge is -2.07. The van der Waals surface area contributed by atoms with Gasteiger partial charge in [-0.05, 0) is 37.1 Å². The van der Waals surface area contributed by atoms with Gasteiger partial charge in [0.05, 0.1) is 0 Å². The Morgan fingerprint density at radius 3 is 2.67 bits per heavy atom. The van der Waals surface area contributed by atoms with E-state index in [-0.39, 0.29) is 12.5 Å². The van der Waals surface area contributed by atoms with Gasteiger partial charge in [0.25, 0.3) is 5.91 Å². The van der Waals surface area contributed by atoms with E-state index in [2.05, 4.69) is 5.32 Å². The zero-order chi connectivity index (χ0) is 13.2. The molecule has 0 fully saturated rings. The summed E-state index contributed by atoms with van der Waals surface area (Å²) in [4.78, 5) is 11.4. The molecule has 0 saturated heterocycles. The van der Waals surface area contributed by atoms with Gasteiger partial charge in [-0.15, -0.1) is 0 Å². The van der Waals surface area contributed by atoms with E-state index < -0.39 is 0 Å². The third-order valence-electron chi connectivity index (χ3n) is 2.28. The molecule has 0 radical (unpaired) electrons. The number of carbonyl (C=O) groups is 1. The second kappa shape index (κ2) is 8.78. The van der Waals surface area contributed by atoms with Crippen molar-refractivity contribution in [2.75, 3.05) is 26.9 Å². The fourth-order valence-corrected chi connectivity index (χ4v) is 1.46. The number of carbonyl (C=O) groups excluding carboxylic acids is 1. The largest absolute Gasteiger partial charge is 0.484 e. The van der Waals surface area contributed by atoms with Crippen LogP contribution in [-0.4, -0.2) is 32.8 Å². The first-order valence-electron chi connectivity index (χ1n) is 5.86. The van der Waals surface area contributed by atoms with Gasteiger partial charge in [0.15, 0.2) is 6.61 Å². The zero-order valence-electron chi connectivity index (χ0n) is 10.4. The van der Waals surface area contributed by atoms with Crippen molar-refractivity contribution >= 4 is 17.5 Å². The molecule has 0 aliphatic rings. The van der Waals surface area contributed by atoms with Crippen LogP contribution < -0.4 is 10.1 Å². The van der Waals surface area contributed by atoms with E-state index in [0.717, 1.165) is 19.4 Å². The molecular formula is C13H18ClNO3. The topological polar surface area (TPSA) is 47.6 Å². The molecule has 5 heteroatoms. The van der Waals surface area contributed by atoms with E-state index in [0.29, 0.717) is 17.3 Å². The Kier molecular flexibility index (Phi) is 7.22. The Morgan fingerprint density at radius 1 is 1.28 bits per heavy atom. The van der Waals surface area contributed by atoms with Crippen molar-refractivity contribution in [3.63, 3.8) is 0 Å². The van der Waals surface area contributed by atoms with Gasteiger partial charge in [-0.25, -0.2) is 0 Å². The quantitative estimate of drug-likeness (QED) is 0.738. The zero-order valence-corrected chi connectivity index (χ0v) is 11.2. The number of hydrogen-bond acceptors (Lipinski definition) is 3. The second-order valence-electron chi connectivity index (χ2n) is 3.79. The first-order valence-corrected chi connectivity index (χ1v) is 6.24. The molecule has 1 aromatic carbocycles. The number of nitrogens with one attached hydrogen (secondary N) is 1. The van der Waals surface area contributed by atoms with Gasteiger partial charge in [0.2, 0.25) is 0 Å². The minimum absolute atomic E-state index is 0.0198. The summed E-state index contributed by atoms with van der Waals surface area (Å²) in [5, 5.41) is 3.42. The first kappa shape index (κ1) is 14.8. The fraction of sp³-hybridized carbons (Fsp3) is 0.462. The summed E-state index contributed by atoms with van der Waals surface area (Å²) in [6.45, 7) is 1.38. The van der Waals surface area contributed by atoms with Crippen molar-refractivity contribution in [1.82, 2.24) is 5.32 Å². The Labute approximate surface area is 112 Å². The average Bonchev–Trinajstić information content (AvgIpc) is 2.38. The molecule has 0 aliphatic carbocycles. The fourth-order valence-electron chi connectivity index (χ4n) is 1.33. The monoisotopic (exact) mass is 271 g/mol. The van der Waals surface area contributed by atoms with Crippen LogP contribution in [0.3, 0.4) is 0 Å². The highest BCUT2D eigenvalue weighted by Gasteiger charge is 2.01. The molecule has 1 aromatic rings. The smallest absolute Gasteiger partial charge is 0.257 e. The van der Waals surface area contributed by atoms with Gasteiger partial charge >= 0.3 is 0 Å². The SMILES string of the molecule is COCCCCNC(=O)COc1ccc(Cl)cc1. The van der Waals surface area contributed by atoms with Crippen LogP contribution in [-0.2, 0) is 9.53 Å². The molecule has 1 amide bonds. The molecule has 0 heterocycles. The second-order valence-corrected chi connectivity index (χ2v) is 4.23. The number of ether oxygens (including phenoxy) is 2. The molecule has 0 saturated carbocycles. The standard InChI is InChI=1S/C13H18ClNO3/c1-17-9-3-2-8-15-13(16)10-18-12-6-4-11(14)5-7-12/h4-7H,2-3,8-10H2,1H3,(H,15,16). The highest BCUT2D eigenvalue weighted by atomic mass is 35.5. The predicted octanol–water partition coefficient (Wildman–Crippen LogP) is 2.26. The molecule has 4 nitrogen and oxygen atoms in total. The van der Waals surface area contributed by atoms with Crippen LogP contribution in [0.25, 0.3) is 0 Å². The van der Waals surface area contributed by atoms with Crippen LogP contribution in [0.15, 0.2) is 24.3 Å². The summed E-state index contributed by atoms with van der Waals surface area (Å²) in [6.07, 6.45) is 1.84. The van der Waals surface area contributed by atoms with E-state index in [1.807, 2.05) is 0 Å². The van der Waals surface area contributed by atoms with Crippen molar-refractivity contribution in [1.29, 1.82) is 0 Å². The first-order chi connectivity index (χ1) is 8.72. The van der Waals surface area contributed by atoms with Crippen LogP contribution in [0.1, 0.15) is 12.8 Å². The van der Waals surface area contributed by atoms with E-state index in [1.165, 1.54) is 0 Å². The Bertz CT molecular complexity index is 354. The van der Waals surface area contributed by atoms with Crippen molar-refractivity contribution in [3.8, 4) is 5.75 Å². The summed E-state index contributed by atoms with van der Waals surface area (Å²) in [7, 11) is 1.67. The van der Waals surface area contributed by atoms with Gasteiger partial charge in [-0.1, -0.05) is 11.6 Å². The van der Waals surface area contributed by atoms with Gasteiger partial charge in [0.1, 0.15) is 5.75 Å². The van der Waals surface area contributed by atoms with E-state index in [1.54, 1.807) is 31.4 Å².